The quantitative estimate of drug-likeness (QED) is 0.787. The second-order valence-corrected chi connectivity index (χ2v) is 7.12. The standard InChI is InChI=1S/C12H9BrClNO2S2/c13-9-3-1-2-4-12(9)19(16,17)15-10-7-8(14)5-6-11(10)18/h1-7,15,18H. The van der Waals surface area contributed by atoms with Crippen molar-refractivity contribution in [3.63, 3.8) is 0 Å². The highest BCUT2D eigenvalue weighted by atomic mass is 79.9. The maximum Gasteiger partial charge on any atom is 0.263 e. The summed E-state index contributed by atoms with van der Waals surface area (Å²) in [5, 5.41) is 0.433. The van der Waals surface area contributed by atoms with E-state index in [0.717, 1.165) is 0 Å². The molecule has 0 bridgehead atoms. The number of halogens is 2. The average Bonchev–Trinajstić information content (AvgIpc) is 2.34. The number of nitrogens with one attached hydrogen (secondary N) is 1. The van der Waals surface area contributed by atoms with Crippen LogP contribution in [0.25, 0.3) is 0 Å². The Morgan fingerprint density at radius 3 is 2.53 bits per heavy atom. The van der Waals surface area contributed by atoms with Gasteiger partial charge in [0.15, 0.2) is 0 Å². The van der Waals surface area contributed by atoms with E-state index in [1.165, 1.54) is 12.1 Å². The van der Waals surface area contributed by atoms with Crippen molar-refractivity contribution in [3.8, 4) is 0 Å². The fourth-order valence-electron chi connectivity index (χ4n) is 1.45. The fraction of sp³-hybridized carbons (Fsp3) is 0. The average molecular weight is 379 g/mol. The van der Waals surface area contributed by atoms with E-state index in [9.17, 15) is 8.42 Å². The zero-order chi connectivity index (χ0) is 14.0. The van der Waals surface area contributed by atoms with Crippen LogP contribution in [0.2, 0.25) is 5.02 Å². The van der Waals surface area contributed by atoms with Gasteiger partial charge in [0.05, 0.1) is 5.69 Å². The van der Waals surface area contributed by atoms with Gasteiger partial charge in [-0.15, -0.1) is 12.6 Å². The molecule has 19 heavy (non-hydrogen) atoms. The Morgan fingerprint density at radius 1 is 1.16 bits per heavy atom. The Hall–Kier alpha value is -0.690. The van der Waals surface area contributed by atoms with E-state index in [2.05, 4.69) is 33.3 Å². The first-order chi connectivity index (χ1) is 8.90. The first-order valence-electron chi connectivity index (χ1n) is 5.16. The summed E-state index contributed by atoms with van der Waals surface area (Å²) in [6.45, 7) is 0. The van der Waals surface area contributed by atoms with E-state index >= 15 is 0 Å². The minimum absolute atomic E-state index is 0.155. The van der Waals surface area contributed by atoms with Crippen LogP contribution in [0.1, 0.15) is 0 Å². The van der Waals surface area contributed by atoms with Gasteiger partial charge in [-0.3, -0.25) is 4.72 Å². The molecule has 0 fully saturated rings. The second kappa shape index (κ2) is 5.75. The summed E-state index contributed by atoms with van der Waals surface area (Å²) in [6, 6.07) is 11.3. The molecule has 2 aromatic carbocycles. The summed E-state index contributed by atoms with van der Waals surface area (Å²) in [5.41, 5.74) is 0.339. The van der Waals surface area contributed by atoms with E-state index in [1.54, 1.807) is 30.3 Å². The van der Waals surface area contributed by atoms with Gasteiger partial charge in [0.25, 0.3) is 10.0 Å². The summed E-state index contributed by atoms with van der Waals surface area (Å²) in [7, 11) is -3.69. The molecule has 100 valence electrons. The lowest BCUT2D eigenvalue weighted by molar-refractivity contribution is 0.600. The Balaban J connectivity index is 2.43. The van der Waals surface area contributed by atoms with Crippen molar-refractivity contribution in [1.29, 1.82) is 0 Å². The molecular weight excluding hydrogens is 370 g/mol. The molecule has 0 aromatic heterocycles. The number of sulfonamides is 1. The predicted molar refractivity (Wildman–Crippen MR) is 83.7 cm³/mol. The van der Waals surface area contributed by atoms with E-state index in [4.69, 9.17) is 11.6 Å². The SMILES string of the molecule is O=S(=O)(Nc1cc(Cl)ccc1S)c1ccccc1Br. The molecule has 0 saturated carbocycles. The summed E-state index contributed by atoms with van der Waals surface area (Å²) < 4.78 is 27.5. The van der Waals surface area contributed by atoms with Gasteiger partial charge in [0, 0.05) is 14.4 Å². The molecule has 0 unspecified atom stereocenters. The van der Waals surface area contributed by atoms with Crippen LogP contribution in [-0.2, 0) is 10.0 Å². The zero-order valence-corrected chi connectivity index (χ0v) is 13.5. The van der Waals surface area contributed by atoms with Gasteiger partial charge in [-0.1, -0.05) is 23.7 Å². The lowest BCUT2D eigenvalue weighted by Gasteiger charge is -2.11. The highest BCUT2D eigenvalue weighted by Gasteiger charge is 2.18. The van der Waals surface area contributed by atoms with E-state index in [1.807, 2.05) is 0 Å². The lowest BCUT2D eigenvalue weighted by Crippen LogP contribution is -2.13. The third kappa shape index (κ3) is 3.45. The smallest absolute Gasteiger partial charge is 0.263 e. The molecule has 0 aliphatic rings. The minimum Gasteiger partial charge on any atom is -0.278 e. The Bertz CT molecular complexity index is 719. The highest BCUT2D eigenvalue weighted by Crippen LogP contribution is 2.28. The zero-order valence-electron chi connectivity index (χ0n) is 9.47. The van der Waals surface area contributed by atoms with Gasteiger partial charge in [-0.05, 0) is 46.3 Å². The molecular formula is C12H9BrClNO2S2. The van der Waals surface area contributed by atoms with Crippen LogP contribution in [0.15, 0.2) is 56.7 Å². The van der Waals surface area contributed by atoms with Crippen molar-refractivity contribution < 1.29 is 8.42 Å². The molecule has 2 rings (SSSR count). The maximum atomic E-state index is 12.3. The number of benzene rings is 2. The molecule has 0 aliphatic carbocycles. The molecule has 0 radical (unpaired) electrons. The molecule has 0 aliphatic heterocycles. The van der Waals surface area contributed by atoms with Crippen LogP contribution >= 0.6 is 40.2 Å². The van der Waals surface area contributed by atoms with Crippen molar-refractivity contribution in [2.45, 2.75) is 9.79 Å². The molecule has 3 nitrogen and oxygen atoms in total. The molecule has 0 amide bonds. The van der Waals surface area contributed by atoms with E-state index < -0.39 is 10.0 Å². The van der Waals surface area contributed by atoms with Crippen LogP contribution in [0.5, 0.6) is 0 Å². The van der Waals surface area contributed by atoms with Crippen molar-refractivity contribution in [2.75, 3.05) is 4.72 Å². The Labute approximate surface area is 130 Å². The number of hydrogen-bond acceptors (Lipinski definition) is 3. The predicted octanol–water partition coefficient (Wildman–Crippen LogP) is 4.19. The van der Waals surface area contributed by atoms with E-state index in [0.29, 0.717) is 20.1 Å². The largest absolute Gasteiger partial charge is 0.278 e. The number of hydrogen-bond donors (Lipinski definition) is 2. The van der Waals surface area contributed by atoms with Crippen LogP contribution < -0.4 is 4.72 Å². The molecule has 0 heterocycles. The van der Waals surface area contributed by atoms with Gasteiger partial charge < -0.3 is 0 Å². The summed E-state index contributed by atoms with van der Waals surface area (Å²) in [6.07, 6.45) is 0. The first kappa shape index (κ1) is 14.7. The normalized spacial score (nSPS) is 11.3. The van der Waals surface area contributed by atoms with Gasteiger partial charge >= 0.3 is 0 Å². The van der Waals surface area contributed by atoms with Crippen LogP contribution in [0, 0.1) is 0 Å². The third-order valence-corrected chi connectivity index (χ3v) is 5.33. The van der Waals surface area contributed by atoms with Crippen molar-refractivity contribution in [2.24, 2.45) is 0 Å². The Morgan fingerprint density at radius 2 is 1.84 bits per heavy atom. The number of thiol groups is 1. The summed E-state index contributed by atoms with van der Waals surface area (Å²) in [5.74, 6) is 0. The van der Waals surface area contributed by atoms with Gasteiger partial charge in [-0.25, -0.2) is 8.42 Å². The fourth-order valence-corrected chi connectivity index (χ4v) is 3.97. The van der Waals surface area contributed by atoms with Crippen molar-refractivity contribution in [3.05, 3.63) is 52.0 Å². The molecule has 0 spiro atoms. The van der Waals surface area contributed by atoms with Crippen LogP contribution in [0.3, 0.4) is 0 Å². The summed E-state index contributed by atoms with van der Waals surface area (Å²) in [4.78, 5) is 0.655. The van der Waals surface area contributed by atoms with Gasteiger partial charge in [-0.2, -0.15) is 0 Å². The molecule has 2 aromatic rings. The second-order valence-electron chi connectivity index (χ2n) is 3.70. The third-order valence-electron chi connectivity index (χ3n) is 2.33. The minimum atomic E-state index is -3.69. The van der Waals surface area contributed by atoms with Gasteiger partial charge in [0.1, 0.15) is 4.90 Å². The molecule has 0 atom stereocenters. The topological polar surface area (TPSA) is 46.2 Å². The Kier molecular flexibility index (Phi) is 4.45. The van der Waals surface area contributed by atoms with Crippen LogP contribution in [-0.4, -0.2) is 8.42 Å². The molecule has 7 heteroatoms. The highest BCUT2D eigenvalue weighted by molar-refractivity contribution is 9.10. The van der Waals surface area contributed by atoms with Gasteiger partial charge in [0.2, 0.25) is 0 Å². The lowest BCUT2D eigenvalue weighted by atomic mass is 10.3. The number of anilines is 1. The first-order valence-corrected chi connectivity index (χ1v) is 8.26. The summed E-state index contributed by atoms with van der Waals surface area (Å²) >= 11 is 13.3. The van der Waals surface area contributed by atoms with Crippen LogP contribution in [0.4, 0.5) is 5.69 Å². The molecule has 0 saturated heterocycles. The maximum absolute atomic E-state index is 12.3. The van der Waals surface area contributed by atoms with Crippen molar-refractivity contribution >= 4 is 55.9 Å². The molecule has 1 N–H and O–H groups in total. The van der Waals surface area contributed by atoms with E-state index in [-0.39, 0.29) is 4.90 Å². The number of rotatable bonds is 3. The van der Waals surface area contributed by atoms with Crippen molar-refractivity contribution in [1.82, 2.24) is 0 Å². The monoisotopic (exact) mass is 377 g/mol.